The number of hydrogen-bond acceptors (Lipinski definition) is 4. The summed E-state index contributed by atoms with van der Waals surface area (Å²) in [6.07, 6.45) is 1.76. The number of aromatic nitrogens is 6. The second kappa shape index (κ2) is 6.66. The summed E-state index contributed by atoms with van der Waals surface area (Å²) in [5, 5.41) is 11.6. The Labute approximate surface area is 163 Å². The topological polar surface area (TPSA) is 82.6 Å². The largest absolute Gasteiger partial charge is 0.313 e. The van der Waals surface area contributed by atoms with Gasteiger partial charge in [0.15, 0.2) is 5.69 Å². The number of hydrogen-bond donors (Lipinski definition) is 1. The van der Waals surface area contributed by atoms with Crippen LogP contribution in [0, 0.1) is 13.8 Å². The minimum Gasteiger partial charge on any atom is -0.313 e. The molecule has 0 saturated heterocycles. The number of aryl methyl sites for hydroxylation is 2. The van der Waals surface area contributed by atoms with Gasteiger partial charge in [0.1, 0.15) is 6.67 Å². The molecular weight excluding hydrogens is 410 g/mol. The molecule has 0 bridgehead atoms. The maximum absolute atomic E-state index is 12.6. The van der Waals surface area contributed by atoms with Crippen molar-refractivity contribution in [2.75, 3.05) is 5.32 Å². The molecule has 9 heteroatoms. The Morgan fingerprint density at radius 2 is 1.96 bits per heavy atom. The van der Waals surface area contributed by atoms with E-state index in [1.165, 1.54) is 0 Å². The molecule has 0 aliphatic carbocycles. The summed E-state index contributed by atoms with van der Waals surface area (Å²) in [6, 6.07) is 9.40. The first kappa shape index (κ1) is 17.5. The minimum absolute atomic E-state index is 0.304. The van der Waals surface area contributed by atoms with Gasteiger partial charge < -0.3 is 4.57 Å². The predicted molar refractivity (Wildman–Crippen MR) is 106 cm³/mol. The van der Waals surface area contributed by atoms with Gasteiger partial charge in [-0.2, -0.15) is 10.2 Å². The van der Waals surface area contributed by atoms with Gasteiger partial charge >= 0.3 is 0 Å². The van der Waals surface area contributed by atoms with Crippen molar-refractivity contribution in [1.82, 2.24) is 29.1 Å². The highest BCUT2D eigenvalue weighted by Crippen LogP contribution is 2.20. The van der Waals surface area contributed by atoms with E-state index in [-0.39, 0.29) is 5.91 Å². The number of benzene rings is 1. The molecule has 27 heavy (non-hydrogen) atoms. The first-order valence-corrected chi connectivity index (χ1v) is 9.19. The lowest BCUT2D eigenvalue weighted by Gasteiger charge is -2.05. The Balaban J connectivity index is 1.53. The average Bonchev–Trinajstić information content (AvgIpc) is 3.31. The molecule has 0 aliphatic rings. The van der Waals surface area contributed by atoms with Crippen molar-refractivity contribution in [3.8, 4) is 0 Å². The van der Waals surface area contributed by atoms with E-state index in [0.717, 1.165) is 26.9 Å². The summed E-state index contributed by atoms with van der Waals surface area (Å²) >= 11 is 3.51. The molecule has 3 aromatic heterocycles. The van der Waals surface area contributed by atoms with Crippen LogP contribution in [0.4, 0.5) is 5.95 Å². The Morgan fingerprint density at radius 3 is 2.67 bits per heavy atom. The number of para-hydroxylation sites is 2. The zero-order valence-electron chi connectivity index (χ0n) is 15.1. The Kier molecular flexibility index (Phi) is 4.31. The lowest BCUT2D eigenvalue weighted by Crippen LogP contribution is -2.17. The summed E-state index contributed by atoms with van der Waals surface area (Å²) in [6.45, 7) is 4.34. The fraction of sp³-hybridized carbons (Fsp3) is 0.222. The number of rotatable bonds is 4. The number of nitrogens with one attached hydrogen (secondary N) is 1. The molecule has 138 valence electrons. The molecule has 1 amide bonds. The van der Waals surface area contributed by atoms with E-state index in [2.05, 4.69) is 36.4 Å². The van der Waals surface area contributed by atoms with Crippen LogP contribution in [0.5, 0.6) is 0 Å². The van der Waals surface area contributed by atoms with Crippen LogP contribution in [0.2, 0.25) is 0 Å². The van der Waals surface area contributed by atoms with Crippen molar-refractivity contribution in [2.45, 2.75) is 20.5 Å². The van der Waals surface area contributed by atoms with Crippen LogP contribution in [-0.2, 0) is 13.7 Å². The number of halogens is 1. The zero-order chi connectivity index (χ0) is 19.1. The van der Waals surface area contributed by atoms with Crippen molar-refractivity contribution in [3.63, 3.8) is 0 Å². The summed E-state index contributed by atoms with van der Waals surface area (Å²) in [4.78, 5) is 17.0. The van der Waals surface area contributed by atoms with Crippen LogP contribution in [0.15, 0.2) is 41.0 Å². The van der Waals surface area contributed by atoms with Crippen LogP contribution in [-0.4, -0.2) is 35.0 Å². The number of fused-ring (bicyclic) bond motifs is 1. The van der Waals surface area contributed by atoms with Gasteiger partial charge in [0.2, 0.25) is 5.95 Å². The molecule has 8 nitrogen and oxygen atoms in total. The van der Waals surface area contributed by atoms with Crippen molar-refractivity contribution in [2.24, 2.45) is 7.05 Å². The molecule has 4 aromatic rings. The van der Waals surface area contributed by atoms with Gasteiger partial charge in [-0.15, -0.1) is 0 Å². The first-order valence-electron chi connectivity index (χ1n) is 8.40. The third-order valence-corrected chi connectivity index (χ3v) is 5.61. The van der Waals surface area contributed by atoms with E-state index in [9.17, 15) is 4.79 Å². The lowest BCUT2D eigenvalue weighted by molar-refractivity contribution is 0.102. The van der Waals surface area contributed by atoms with E-state index in [1.54, 1.807) is 16.9 Å². The van der Waals surface area contributed by atoms with Crippen LogP contribution < -0.4 is 5.32 Å². The highest BCUT2D eigenvalue weighted by Gasteiger charge is 2.15. The van der Waals surface area contributed by atoms with Crippen molar-refractivity contribution in [1.29, 1.82) is 0 Å². The summed E-state index contributed by atoms with van der Waals surface area (Å²) in [7, 11) is 1.87. The van der Waals surface area contributed by atoms with Crippen LogP contribution in [0.25, 0.3) is 11.0 Å². The standard InChI is InChI=1S/C18H18BrN7O/c1-11-16(19)12(2)26(22-11)10-25-9-8-14(23-25)17(27)21-18-20-13-6-4-5-7-15(13)24(18)3/h4-9H,10H2,1-3H3,(H,20,21,27). The van der Waals surface area contributed by atoms with Gasteiger partial charge in [-0.3, -0.25) is 14.8 Å². The van der Waals surface area contributed by atoms with Crippen molar-refractivity contribution < 1.29 is 4.79 Å². The number of imidazole rings is 1. The van der Waals surface area contributed by atoms with Gasteiger partial charge in [0.25, 0.3) is 5.91 Å². The van der Waals surface area contributed by atoms with Crippen LogP contribution in [0.1, 0.15) is 21.9 Å². The van der Waals surface area contributed by atoms with E-state index in [0.29, 0.717) is 18.3 Å². The molecule has 1 aromatic carbocycles. The zero-order valence-corrected chi connectivity index (χ0v) is 16.7. The second-order valence-electron chi connectivity index (χ2n) is 6.30. The SMILES string of the molecule is Cc1nn(Cn2ccc(C(=O)Nc3nc4ccccc4n3C)n2)c(C)c1Br. The molecule has 0 atom stereocenters. The second-order valence-corrected chi connectivity index (χ2v) is 7.10. The van der Waals surface area contributed by atoms with Gasteiger partial charge in [-0.05, 0) is 48.0 Å². The molecule has 0 aliphatic heterocycles. The quantitative estimate of drug-likeness (QED) is 0.542. The molecule has 3 heterocycles. The molecule has 0 radical (unpaired) electrons. The summed E-state index contributed by atoms with van der Waals surface area (Å²) in [5.74, 6) is 0.180. The molecule has 0 unspecified atom stereocenters. The predicted octanol–water partition coefficient (Wildman–Crippen LogP) is 3.10. The first-order chi connectivity index (χ1) is 12.9. The van der Waals surface area contributed by atoms with E-state index in [1.807, 2.05) is 54.4 Å². The van der Waals surface area contributed by atoms with E-state index in [4.69, 9.17) is 0 Å². The highest BCUT2D eigenvalue weighted by atomic mass is 79.9. The normalized spacial score (nSPS) is 11.3. The summed E-state index contributed by atoms with van der Waals surface area (Å²) < 4.78 is 6.34. The molecule has 4 rings (SSSR count). The third kappa shape index (κ3) is 3.14. The van der Waals surface area contributed by atoms with Crippen LogP contribution in [0.3, 0.4) is 0 Å². The Bertz CT molecular complexity index is 1150. The molecule has 1 N–H and O–H groups in total. The smallest absolute Gasteiger partial charge is 0.278 e. The fourth-order valence-electron chi connectivity index (χ4n) is 2.93. The fourth-order valence-corrected chi connectivity index (χ4v) is 3.22. The number of carbonyl (C=O) groups is 1. The highest BCUT2D eigenvalue weighted by molar-refractivity contribution is 9.10. The van der Waals surface area contributed by atoms with Gasteiger partial charge in [0.05, 0.1) is 26.9 Å². The van der Waals surface area contributed by atoms with Gasteiger partial charge in [0, 0.05) is 13.2 Å². The molecule has 0 fully saturated rings. The maximum Gasteiger partial charge on any atom is 0.278 e. The minimum atomic E-state index is -0.304. The van der Waals surface area contributed by atoms with E-state index < -0.39 is 0 Å². The van der Waals surface area contributed by atoms with Crippen molar-refractivity contribution >= 4 is 38.8 Å². The third-order valence-electron chi connectivity index (χ3n) is 4.46. The molecule has 0 saturated carbocycles. The lowest BCUT2D eigenvalue weighted by atomic mass is 10.3. The summed E-state index contributed by atoms with van der Waals surface area (Å²) in [5.41, 5.74) is 4.03. The van der Waals surface area contributed by atoms with Gasteiger partial charge in [-0.1, -0.05) is 12.1 Å². The number of amides is 1. The maximum atomic E-state index is 12.6. The molecule has 0 spiro atoms. The monoisotopic (exact) mass is 427 g/mol. The Morgan fingerprint density at radius 1 is 1.19 bits per heavy atom. The van der Waals surface area contributed by atoms with Crippen LogP contribution >= 0.6 is 15.9 Å². The van der Waals surface area contributed by atoms with E-state index >= 15 is 0 Å². The Hall–Kier alpha value is -2.94. The number of carbonyl (C=O) groups excluding carboxylic acids is 1. The van der Waals surface area contributed by atoms with Crippen molar-refractivity contribution in [3.05, 3.63) is 58.1 Å². The number of nitrogens with zero attached hydrogens (tertiary/aromatic N) is 6. The average molecular weight is 428 g/mol. The number of anilines is 1. The van der Waals surface area contributed by atoms with Gasteiger partial charge in [-0.25, -0.2) is 9.67 Å². The molecular formula is C18H18BrN7O.